The number of carbonyl (C=O) groups is 2. The summed E-state index contributed by atoms with van der Waals surface area (Å²) in [4.78, 5) is 22.1. The number of amides is 2. The van der Waals surface area contributed by atoms with E-state index in [1.54, 1.807) is 6.92 Å². The Morgan fingerprint density at radius 1 is 1.40 bits per heavy atom. The Bertz CT molecular complexity index is 536. The van der Waals surface area contributed by atoms with Crippen molar-refractivity contribution in [3.05, 3.63) is 29.6 Å². The van der Waals surface area contributed by atoms with Gasteiger partial charge in [0, 0.05) is 34.5 Å². The number of carboxylic acids is 1. The molecular formula is C12H15FN2O4S. The van der Waals surface area contributed by atoms with Gasteiger partial charge >= 0.3 is 12.0 Å². The van der Waals surface area contributed by atoms with Gasteiger partial charge in [-0.1, -0.05) is 6.92 Å². The first-order valence-electron chi connectivity index (χ1n) is 5.86. The van der Waals surface area contributed by atoms with E-state index >= 15 is 0 Å². The molecule has 8 heteroatoms. The second-order valence-electron chi connectivity index (χ2n) is 3.81. The third-order valence-electron chi connectivity index (χ3n) is 2.39. The van der Waals surface area contributed by atoms with Crippen molar-refractivity contribution in [1.82, 2.24) is 5.32 Å². The molecule has 0 aliphatic rings. The monoisotopic (exact) mass is 302 g/mol. The molecule has 1 atom stereocenters. The van der Waals surface area contributed by atoms with E-state index in [-0.39, 0.29) is 12.2 Å². The average molecular weight is 302 g/mol. The quantitative estimate of drug-likeness (QED) is 0.740. The van der Waals surface area contributed by atoms with Gasteiger partial charge in [0.25, 0.3) is 0 Å². The van der Waals surface area contributed by atoms with Crippen molar-refractivity contribution in [2.24, 2.45) is 0 Å². The van der Waals surface area contributed by atoms with E-state index in [4.69, 9.17) is 5.11 Å². The lowest BCUT2D eigenvalue weighted by molar-refractivity contribution is 0.0692. The molecule has 0 saturated carbocycles. The van der Waals surface area contributed by atoms with Crippen molar-refractivity contribution < 1.29 is 23.3 Å². The average Bonchev–Trinajstić information content (AvgIpc) is 2.38. The van der Waals surface area contributed by atoms with E-state index in [9.17, 15) is 18.2 Å². The predicted octanol–water partition coefficient (Wildman–Crippen LogP) is 1.41. The number of benzene rings is 1. The van der Waals surface area contributed by atoms with Crippen LogP contribution in [-0.2, 0) is 10.8 Å². The maximum absolute atomic E-state index is 13.4. The summed E-state index contributed by atoms with van der Waals surface area (Å²) in [5.41, 5.74) is -0.323. The van der Waals surface area contributed by atoms with E-state index in [1.807, 2.05) is 0 Å². The summed E-state index contributed by atoms with van der Waals surface area (Å²) in [6.45, 7) is 2.02. The number of carboxylic acid groups (broad SMARTS) is 1. The number of halogens is 1. The third kappa shape index (κ3) is 4.96. The van der Waals surface area contributed by atoms with Crippen LogP contribution in [0.15, 0.2) is 18.2 Å². The molecule has 0 bridgehead atoms. The normalized spacial score (nSPS) is 11.7. The molecule has 0 fully saturated rings. The Labute approximate surface area is 117 Å². The number of carbonyl (C=O) groups excluding carboxylic acids is 1. The van der Waals surface area contributed by atoms with Crippen LogP contribution in [0.1, 0.15) is 17.3 Å². The van der Waals surface area contributed by atoms with Crippen LogP contribution in [-0.4, -0.2) is 39.4 Å². The molecule has 110 valence electrons. The highest BCUT2D eigenvalue weighted by molar-refractivity contribution is 7.84. The van der Waals surface area contributed by atoms with Gasteiger partial charge in [0.1, 0.15) is 5.82 Å². The zero-order valence-corrected chi connectivity index (χ0v) is 11.6. The maximum Gasteiger partial charge on any atom is 0.338 e. The summed E-state index contributed by atoms with van der Waals surface area (Å²) in [7, 11) is -0.970. The first-order chi connectivity index (χ1) is 9.43. The van der Waals surface area contributed by atoms with Gasteiger partial charge in [0.15, 0.2) is 0 Å². The van der Waals surface area contributed by atoms with Gasteiger partial charge in [0.05, 0.1) is 5.56 Å². The summed E-state index contributed by atoms with van der Waals surface area (Å²) in [6, 6.07) is 2.71. The Morgan fingerprint density at radius 3 is 2.65 bits per heavy atom. The Kier molecular flexibility index (Phi) is 6.10. The number of hydrogen-bond donors (Lipinski definition) is 3. The molecule has 3 N–H and O–H groups in total. The number of rotatable bonds is 6. The number of aromatic carboxylic acids is 1. The van der Waals surface area contributed by atoms with Crippen LogP contribution in [0, 0.1) is 5.82 Å². The molecule has 1 aromatic rings. The van der Waals surface area contributed by atoms with Gasteiger partial charge in [-0.25, -0.2) is 14.0 Å². The predicted molar refractivity (Wildman–Crippen MR) is 73.9 cm³/mol. The van der Waals surface area contributed by atoms with Gasteiger partial charge in [-0.15, -0.1) is 0 Å². The van der Waals surface area contributed by atoms with Crippen molar-refractivity contribution in [2.45, 2.75) is 6.92 Å². The van der Waals surface area contributed by atoms with Gasteiger partial charge < -0.3 is 15.7 Å². The van der Waals surface area contributed by atoms with E-state index in [2.05, 4.69) is 10.6 Å². The lowest BCUT2D eigenvalue weighted by Crippen LogP contribution is -2.32. The van der Waals surface area contributed by atoms with Crippen LogP contribution >= 0.6 is 0 Å². The van der Waals surface area contributed by atoms with Crippen molar-refractivity contribution in [1.29, 1.82) is 0 Å². The second kappa shape index (κ2) is 7.59. The van der Waals surface area contributed by atoms with E-state index in [0.717, 1.165) is 12.1 Å². The van der Waals surface area contributed by atoms with Crippen LogP contribution in [0.5, 0.6) is 0 Å². The van der Waals surface area contributed by atoms with E-state index < -0.39 is 34.2 Å². The fraction of sp³-hybridized carbons (Fsp3) is 0.333. The number of anilines is 1. The molecule has 20 heavy (non-hydrogen) atoms. The molecule has 1 aromatic carbocycles. The Morgan fingerprint density at radius 2 is 2.10 bits per heavy atom. The third-order valence-corrected chi connectivity index (χ3v) is 3.70. The fourth-order valence-electron chi connectivity index (χ4n) is 1.36. The summed E-state index contributed by atoms with van der Waals surface area (Å²) in [5, 5.41) is 13.5. The molecule has 0 aromatic heterocycles. The molecule has 1 rings (SSSR count). The summed E-state index contributed by atoms with van der Waals surface area (Å²) in [6.07, 6.45) is 0. The molecule has 0 heterocycles. The lowest BCUT2D eigenvalue weighted by Gasteiger charge is -2.08. The van der Waals surface area contributed by atoms with Gasteiger partial charge in [-0.05, 0) is 18.2 Å². The zero-order chi connectivity index (χ0) is 15.1. The largest absolute Gasteiger partial charge is 0.478 e. The van der Waals surface area contributed by atoms with Crippen LogP contribution < -0.4 is 10.6 Å². The smallest absolute Gasteiger partial charge is 0.338 e. The molecule has 1 unspecified atom stereocenters. The Hall–Kier alpha value is -1.96. The number of hydrogen-bond acceptors (Lipinski definition) is 3. The van der Waals surface area contributed by atoms with E-state index in [1.165, 1.54) is 6.07 Å². The molecule has 0 aliphatic heterocycles. The van der Waals surface area contributed by atoms with Crippen molar-refractivity contribution >= 4 is 28.5 Å². The summed E-state index contributed by atoms with van der Waals surface area (Å²) >= 11 is 0. The zero-order valence-electron chi connectivity index (χ0n) is 10.8. The molecule has 0 saturated heterocycles. The van der Waals surface area contributed by atoms with Crippen LogP contribution in [0.4, 0.5) is 14.9 Å². The number of nitrogens with one attached hydrogen (secondary N) is 2. The van der Waals surface area contributed by atoms with Gasteiger partial charge in [-0.3, -0.25) is 4.21 Å². The standard InChI is InChI=1S/C12H15FN2O4S/c1-2-20(19)6-5-14-12(18)15-8-3-4-9(11(16)17)10(13)7-8/h3-4,7H,2,5-6H2,1H3,(H,16,17)(H2,14,15,18). The highest BCUT2D eigenvalue weighted by Crippen LogP contribution is 2.14. The summed E-state index contributed by atoms with van der Waals surface area (Å²) in [5.74, 6) is -1.44. The fourth-order valence-corrected chi connectivity index (χ4v) is 1.98. The highest BCUT2D eigenvalue weighted by Gasteiger charge is 2.11. The van der Waals surface area contributed by atoms with Gasteiger partial charge in [-0.2, -0.15) is 0 Å². The second-order valence-corrected chi connectivity index (χ2v) is 5.68. The topological polar surface area (TPSA) is 95.5 Å². The minimum Gasteiger partial charge on any atom is -0.478 e. The van der Waals surface area contributed by atoms with Gasteiger partial charge in [0.2, 0.25) is 0 Å². The highest BCUT2D eigenvalue weighted by atomic mass is 32.2. The first kappa shape index (κ1) is 16.1. The molecule has 0 aliphatic carbocycles. The molecule has 2 amide bonds. The molecular weight excluding hydrogens is 287 g/mol. The number of urea groups is 1. The molecule has 6 nitrogen and oxygen atoms in total. The Balaban J connectivity index is 2.52. The van der Waals surface area contributed by atoms with Crippen LogP contribution in [0.3, 0.4) is 0 Å². The lowest BCUT2D eigenvalue weighted by atomic mass is 10.2. The molecule has 0 radical (unpaired) electrons. The van der Waals surface area contributed by atoms with Crippen molar-refractivity contribution in [3.63, 3.8) is 0 Å². The minimum absolute atomic E-state index is 0.140. The van der Waals surface area contributed by atoms with Crippen molar-refractivity contribution in [2.75, 3.05) is 23.4 Å². The van der Waals surface area contributed by atoms with Crippen LogP contribution in [0.2, 0.25) is 0 Å². The van der Waals surface area contributed by atoms with Crippen LogP contribution in [0.25, 0.3) is 0 Å². The first-order valence-corrected chi connectivity index (χ1v) is 7.35. The van der Waals surface area contributed by atoms with Crippen molar-refractivity contribution in [3.8, 4) is 0 Å². The van der Waals surface area contributed by atoms with E-state index in [0.29, 0.717) is 11.5 Å². The molecule has 0 spiro atoms. The summed E-state index contributed by atoms with van der Waals surface area (Å²) < 4.78 is 24.5. The maximum atomic E-state index is 13.4. The minimum atomic E-state index is -1.37. The SMILES string of the molecule is CCS(=O)CCNC(=O)Nc1ccc(C(=O)O)c(F)c1.